The van der Waals surface area contributed by atoms with E-state index in [1.165, 1.54) is 12.1 Å². The van der Waals surface area contributed by atoms with Crippen LogP contribution in [0.5, 0.6) is 0 Å². The predicted octanol–water partition coefficient (Wildman–Crippen LogP) is 2.82. The summed E-state index contributed by atoms with van der Waals surface area (Å²) in [5, 5.41) is 3.23. The van der Waals surface area contributed by atoms with Crippen LogP contribution in [0.25, 0.3) is 0 Å². The minimum Gasteiger partial charge on any atom is -0.379 e. The first-order valence-corrected chi connectivity index (χ1v) is 5.19. The van der Waals surface area contributed by atoms with Gasteiger partial charge in [-0.25, -0.2) is 9.37 Å². The van der Waals surface area contributed by atoms with Crippen LogP contribution < -0.4 is 5.32 Å². The highest BCUT2D eigenvalue weighted by Crippen LogP contribution is 2.19. The summed E-state index contributed by atoms with van der Waals surface area (Å²) in [5.74, 6) is -0.420. The van der Waals surface area contributed by atoms with Crippen molar-refractivity contribution in [2.75, 3.05) is 5.32 Å². The normalized spacial score (nSPS) is 10.4. The lowest BCUT2D eigenvalue weighted by atomic mass is 10.3. The van der Waals surface area contributed by atoms with Crippen LogP contribution in [0, 0.1) is 5.82 Å². The van der Waals surface area contributed by atoms with Crippen molar-refractivity contribution in [2.45, 2.75) is 6.54 Å². The second kappa shape index (κ2) is 4.53. The average molecular weight is 240 g/mol. The summed E-state index contributed by atoms with van der Waals surface area (Å²) in [6.45, 7) is 0.595. The maximum atomic E-state index is 13.1. The number of imidazole rings is 1. The van der Waals surface area contributed by atoms with E-state index in [-0.39, 0.29) is 5.02 Å². The first-order valence-electron chi connectivity index (χ1n) is 4.81. The van der Waals surface area contributed by atoms with E-state index in [0.29, 0.717) is 12.2 Å². The Morgan fingerprint density at radius 2 is 2.31 bits per heavy atom. The number of rotatable bonds is 3. The maximum Gasteiger partial charge on any atom is 0.143 e. The van der Waals surface area contributed by atoms with E-state index in [4.69, 9.17) is 11.6 Å². The summed E-state index contributed by atoms with van der Waals surface area (Å²) in [7, 11) is 1.91. The fourth-order valence-electron chi connectivity index (χ4n) is 1.35. The lowest BCUT2D eigenvalue weighted by Crippen LogP contribution is -2.04. The van der Waals surface area contributed by atoms with Crippen LogP contribution in [0.15, 0.2) is 30.7 Å². The van der Waals surface area contributed by atoms with Crippen LogP contribution >= 0.6 is 11.6 Å². The van der Waals surface area contributed by atoms with E-state index in [9.17, 15) is 4.39 Å². The lowest BCUT2D eigenvalue weighted by Gasteiger charge is -2.07. The summed E-state index contributed by atoms with van der Waals surface area (Å²) >= 11 is 5.59. The molecule has 2 aromatic rings. The molecule has 3 nitrogen and oxygen atoms in total. The Hall–Kier alpha value is -1.55. The third-order valence-corrected chi connectivity index (χ3v) is 2.62. The van der Waals surface area contributed by atoms with E-state index in [1.54, 1.807) is 18.6 Å². The number of halogens is 2. The fourth-order valence-corrected chi connectivity index (χ4v) is 1.47. The topological polar surface area (TPSA) is 29.9 Å². The van der Waals surface area contributed by atoms with E-state index >= 15 is 0 Å². The number of nitrogens with zero attached hydrogens (tertiary/aromatic N) is 2. The van der Waals surface area contributed by atoms with Crippen LogP contribution in [-0.4, -0.2) is 9.55 Å². The quantitative estimate of drug-likeness (QED) is 0.893. The zero-order valence-electron chi connectivity index (χ0n) is 8.74. The zero-order chi connectivity index (χ0) is 11.5. The van der Waals surface area contributed by atoms with Crippen molar-refractivity contribution < 1.29 is 4.39 Å². The molecule has 0 amide bonds. The molecule has 0 saturated heterocycles. The molecule has 0 radical (unpaired) electrons. The van der Waals surface area contributed by atoms with Gasteiger partial charge in [-0.1, -0.05) is 11.6 Å². The Labute approximate surface area is 97.9 Å². The molecule has 84 valence electrons. The van der Waals surface area contributed by atoms with Gasteiger partial charge in [0.25, 0.3) is 0 Å². The van der Waals surface area contributed by atoms with Crippen LogP contribution in [0.2, 0.25) is 5.02 Å². The average Bonchev–Trinajstić information content (AvgIpc) is 2.66. The van der Waals surface area contributed by atoms with Gasteiger partial charge in [-0.2, -0.15) is 0 Å². The van der Waals surface area contributed by atoms with Crippen molar-refractivity contribution in [3.05, 3.63) is 47.3 Å². The molecule has 5 heteroatoms. The Kier molecular flexibility index (Phi) is 3.10. The molecule has 0 atom stereocenters. The van der Waals surface area contributed by atoms with E-state index in [0.717, 1.165) is 5.69 Å². The molecule has 1 aromatic heterocycles. The van der Waals surface area contributed by atoms with Gasteiger partial charge in [0.05, 0.1) is 23.6 Å². The molecule has 1 N–H and O–H groups in total. The third kappa shape index (κ3) is 2.33. The number of aryl methyl sites for hydroxylation is 1. The van der Waals surface area contributed by atoms with Gasteiger partial charge in [0.2, 0.25) is 0 Å². The van der Waals surface area contributed by atoms with Crippen molar-refractivity contribution in [3.63, 3.8) is 0 Å². The predicted molar refractivity (Wildman–Crippen MR) is 61.9 cm³/mol. The van der Waals surface area contributed by atoms with Gasteiger partial charge in [0.15, 0.2) is 0 Å². The van der Waals surface area contributed by atoms with Crippen LogP contribution in [0.3, 0.4) is 0 Å². The van der Waals surface area contributed by atoms with Gasteiger partial charge in [-0.3, -0.25) is 0 Å². The molecule has 0 unspecified atom stereocenters. The first kappa shape index (κ1) is 11.0. The van der Waals surface area contributed by atoms with Crippen LogP contribution in [-0.2, 0) is 13.6 Å². The zero-order valence-corrected chi connectivity index (χ0v) is 9.50. The fraction of sp³-hybridized carbons (Fsp3) is 0.182. The highest BCUT2D eigenvalue weighted by molar-refractivity contribution is 6.30. The molecule has 0 aliphatic carbocycles. The molecular formula is C11H11ClFN3. The van der Waals surface area contributed by atoms with E-state index in [1.807, 2.05) is 11.6 Å². The Morgan fingerprint density at radius 3 is 2.94 bits per heavy atom. The standard InChI is InChI=1S/C11H11ClFN3/c1-16-7-14-5-9(16)6-15-8-2-3-10(12)11(13)4-8/h2-5,7,15H,6H2,1H3. The summed E-state index contributed by atoms with van der Waals surface area (Å²) in [6.07, 6.45) is 3.48. The first-order chi connectivity index (χ1) is 7.66. The van der Waals surface area contributed by atoms with Gasteiger partial charge in [0.1, 0.15) is 5.82 Å². The van der Waals surface area contributed by atoms with Crippen LogP contribution in [0.4, 0.5) is 10.1 Å². The van der Waals surface area contributed by atoms with E-state index in [2.05, 4.69) is 10.3 Å². The Balaban J connectivity index is 2.05. The number of hydrogen-bond donors (Lipinski definition) is 1. The largest absolute Gasteiger partial charge is 0.379 e. The Bertz CT molecular complexity index is 496. The summed E-state index contributed by atoms with van der Waals surface area (Å²) in [5.41, 5.74) is 1.72. The van der Waals surface area contributed by atoms with Crippen molar-refractivity contribution in [1.29, 1.82) is 0 Å². The molecule has 0 aliphatic heterocycles. The summed E-state index contributed by atoms with van der Waals surface area (Å²) in [6, 6.07) is 4.64. The van der Waals surface area contributed by atoms with Gasteiger partial charge in [-0.15, -0.1) is 0 Å². The minimum atomic E-state index is -0.420. The smallest absolute Gasteiger partial charge is 0.143 e. The molecular weight excluding hydrogens is 229 g/mol. The third-order valence-electron chi connectivity index (χ3n) is 2.31. The second-order valence-corrected chi connectivity index (χ2v) is 3.89. The number of aromatic nitrogens is 2. The number of anilines is 1. The SMILES string of the molecule is Cn1cncc1CNc1ccc(Cl)c(F)c1. The molecule has 0 spiro atoms. The van der Waals surface area contributed by atoms with Gasteiger partial charge in [-0.05, 0) is 18.2 Å². The molecule has 0 fully saturated rings. The minimum absolute atomic E-state index is 0.131. The molecule has 2 rings (SSSR count). The highest BCUT2D eigenvalue weighted by Gasteiger charge is 2.02. The molecule has 1 heterocycles. The van der Waals surface area contributed by atoms with Crippen molar-refractivity contribution in [1.82, 2.24) is 9.55 Å². The maximum absolute atomic E-state index is 13.1. The monoisotopic (exact) mass is 239 g/mol. The lowest BCUT2D eigenvalue weighted by molar-refractivity contribution is 0.628. The second-order valence-electron chi connectivity index (χ2n) is 3.48. The number of hydrogen-bond acceptors (Lipinski definition) is 2. The number of benzene rings is 1. The van der Waals surface area contributed by atoms with Crippen molar-refractivity contribution in [2.24, 2.45) is 7.05 Å². The molecule has 0 aliphatic rings. The molecule has 1 aromatic carbocycles. The summed E-state index contributed by atoms with van der Waals surface area (Å²) in [4.78, 5) is 3.99. The molecule has 16 heavy (non-hydrogen) atoms. The Morgan fingerprint density at radius 1 is 1.50 bits per heavy atom. The highest BCUT2D eigenvalue weighted by atomic mass is 35.5. The van der Waals surface area contributed by atoms with Crippen LogP contribution in [0.1, 0.15) is 5.69 Å². The van der Waals surface area contributed by atoms with Gasteiger partial charge in [0, 0.05) is 18.9 Å². The van der Waals surface area contributed by atoms with E-state index < -0.39 is 5.82 Å². The molecule has 0 saturated carbocycles. The molecule has 0 bridgehead atoms. The number of nitrogens with one attached hydrogen (secondary N) is 1. The van der Waals surface area contributed by atoms with Gasteiger partial charge >= 0.3 is 0 Å². The van der Waals surface area contributed by atoms with Crippen molar-refractivity contribution in [3.8, 4) is 0 Å². The summed E-state index contributed by atoms with van der Waals surface area (Å²) < 4.78 is 15.0. The van der Waals surface area contributed by atoms with Crippen molar-refractivity contribution >= 4 is 17.3 Å². The van der Waals surface area contributed by atoms with Gasteiger partial charge < -0.3 is 9.88 Å².